The second-order valence-electron chi connectivity index (χ2n) is 4.47. The van der Waals surface area contributed by atoms with E-state index in [1.54, 1.807) is 0 Å². The first-order valence-corrected chi connectivity index (χ1v) is 7.46. The fourth-order valence-corrected chi connectivity index (χ4v) is 3.27. The van der Waals surface area contributed by atoms with Gasteiger partial charge in [0.1, 0.15) is 10.9 Å². The number of aromatic nitrogens is 1. The molecule has 2 rings (SSSR count). The van der Waals surface area contributed by atoms with E-state index in [1.165, 1.54) is 24.2 Å². The van der Waals surface area contributed by atoms with Gasteiger partial charge in [-0.1, -0.05) is 29.9 Å². The zero-order valence-corrected chi connectivity index (χ0v) is 12.0. The van der Waals surface area contributed by atoms with Crippen molar-refractivity contribution >= 4 is 28.1 Å². The third-order valence-electron chi connectivity index (χ3n) is 3.24. The van der Waals surface area contributed by atoms with Crippen molar-refractivity contribution in [2.24, 2.45) is 5.92 Å². The Hall–Kier alpha value is -0.830. The zero-order chi connectivity index (χ0) is 13.0. The number of hydrogen-bond donors (Lipinski definition) is 1. The number of nitrogens with one attached hydrogen (secondary N) is 1. The molecule has 4 nitrogen and oxygen atoms in total. The number of anilines is 1. The molecule has 0 saturated carbocycles. The van der Waals surface area contributed by atoms with Gasteiger partial charge < -0.3 is 10.2 Å². The van der Waals surface area contributed by atoms with E-state index in [2.05, 4.69) is 28.2 Å². The molecule has 0 spiro atoms. The van der Waals surface area contributed by atoms with E-state index >= 15 is 0 Å². The minimum atomic E-state index is 0.340. The lowest BCUT2D eigenvalue weighted by molar-refractivity contribution is 0.386. The summed E-state index contributed by atoms with van der Waals surface area (Å²) in [5.41, 5.74) is 0. The number of hydrogen-bond acceptors (Lipinski definition) is 5. The largest absolute Gasteiger partial charge is 0.348 e. The lowest BCUT2D eigenvalue weighted by Crippen LogP contribution is -2.37. The second-order valence-corrected chi connectivity index (χ2v) is 5.80. The molecule has 6 heteroatoms. The number of halogens is 1. The maximum Gasteiger partial charge on any atom is 0.188 e. The number of thiazole rings is 1. The lowest BCUT2D eigenvalue weighted by atomic mass is 9.97. The van der Waals surface area contributed by atoms with Crippen LogP contribution in [0, 0.1) is 17.2 Å². The van der Waals surface area contributed by atoms with Crippen LogP contribution in [-0.4, -0.2) is 31.2 Å². The normalized spacial score (nSPS) is 16.8. The third-order valence-corrected chi connectivity index (χ3v) is 4.65. The van der Waals surface area contributed by atoms with E-state index in [4.69, 9.17) is 16.9 Å². The van der Waals surface area contributed by atoms with Gasteiger partial charge in [-0.3, -0.25) is 0 Å². The van der Waals surface area contributed by atoms with Crippen molar-refractivity contribution in [2.75, 3.05) is 31.1 Å². The molecular formula is C12H17ClN4S. The Balaban J connectivity index is 1.91. The summed E-state index contributed by atoms with van der Waals surface area (Å²) < 4.78 is 0. The van der Waals surface area contributed by atoms with Gasteiger partial charge in [-0.2, -0.15) is 5.26 Å². The van der Waals surface area contributed by atoms with Gasteiger partial charge in [-0.05, 0) is 31.8 Å². The number of nitrogens with zero attached hydrogens (tertiary/aromatic N) is 3. The molecule has 0 unspecified atom stereocenters. The molecule has 1 aliphatic rings. The number of nitriles is 1. The first kappa shape index (κ1) is 13.6. The summed E-state index contributed by atoms with van der Waals surface area (Å²) in [6.07, 6.45) is 2.35. The molecule has 0 aromatic carbocycles. The van der Waals surface area contributed by atoms with Crippen LogP contribution in [-0.2, 0) is 0 Å². The molecule has 18 heavy (non-hydrogen) atoms. The summed E-state index contributed by atoms with van der Waals surface area (Å²) in [6.45, 7) is 6.28. The molecule has 1 saturated heterocycles. The Kier molecular flexibility index (Phi) is 4.81. The molecule has 1 N–H and O–H groups in total. The van der Waals surface area contributed by atoms with Crippen LogP contribution >= 0.6 is 22.9 Å². The topological polar surface area (TPSA) is 52.0 Å². The molecular weight excluding hydrogens is 268 g/mol. The van der Waals surface area contributed by atoms with E-state index in [0.29, 0.717) is 10.0 Å². The Labute approximate surface area is 117 Å². The summed E-state index contributed by atoms with van der Waals surface area (Å²) in [5.74, 6) is 0.757. The average Bonchev–Trinajstić information content (AvgIpc) is 2.78. The van der Waals surface area contributed by atoms with Crippen molar-refractivity contribution in [1.82, 2.24) is 10.3 Å². The van der Waals surface area contributed by atoms with Crippen LogP contribution in [0.15, 0.2) is 0 Å². The van der Waals surface area contributed by atoms with Crippen molar-refractivity contribution < 1.29 is 0 Å². The van der Waals surface area contributed by atoms with Crippen LogP contribution in [0.25, 0.3) is 0 Å². The van der Waals surface area contributed by atoms with E-state index in [1.807, 2.05) is 0 Å². The molecule has 2 heterocycles. The summed E-state index contributed by atoms with van der Waals surface area (Å²) >= 11 is 7.29. The molecule has 1 aliphatic heterocycles. The van der Waals surface area contributed by atoms with Crippen molar-refractivity contribution in [2.45, 2.75) is 19.8 Å². The van der Waals surface area contributed by atoms with Crippen molar-refractivity contribution in [3.63, 3.8) is 0 Å². The second kappa shape index (κ2) is 6.37. The van der Waals surface area contributed by atoms with Gasteiger partial charge in [-0.25, -0.2) is 4.98 Å². The predicted molar refractivity (Wildman–Crippen MR) is 75.3 cm³/mol. The first-order chi connectivity index (χ1) is 8.74. The van der Waals surface area contributed by atoms with Crippen molar-refractivity contribution in [1.29, 1.82) is 5.26 Å². The SMILES string of the molecule is CCNCC1CCN(c2nc(Cl)c(C#N)s2)CC1. The molecule has 1 aromatic heterocycles. The smallest absolute Gasteiger partial charge is 0.188 e. The fourth-order valence-electron chi connectivity index (χ4n) is 2.17. The minimum absolute atomic E-state index is 0.340. The number of rotatable bonds is 4. The standard InChI is InChI=1S/C12H17ClN4S/c1-2-15-8-9-3-5-17(6-4-9)12-16-11(13)10(7-14)18-12/h9,15H,2-6,8H2,1H3. The monoisotopic (exact) mass is 284 g/mol. The highest BCUT2D eigenvalue weighted by Gasteiger charge is 2.22. The van der Waals surface area contributed by atoms with Gasteiger partial charge in [0.15, 0.2) is 10.3 Å². The summed E-state index contributed by atoms with van der Waals surface area (Å²) in [5, 5.41) is 13.5. The predicted octanol–water partition coefficient (Wildman–Crippen LogP) is 2.49. The molecule has 0 bridgehead atoms. The highest BCUT2D eigenvalue weighted by molar-refractivity contribution is 7.16. The van der Waals surface area contributed by atoms with Crippen molar-refractivity contribution in [3.8, 4) is 6.07 Å². The van der Waals surface area contributed by atoms with Gasteiger partial charge in [0.2, 0.25) is 0 Å². The van der Waals surface area contributed by atoms with E-state index < -0.39 is 0 Å². The van der Waals surface area contributed by atoms with E-state index in [-0.39, 0.29) is 0 Å². The van der Waals surface area contributed by atoms with Gasteiger partial charge >= 0.3 is 0 Å². The highest BCUT2D eigenvalue weighted by Crippen LogP contribution is 2.31. The lowest BCUT2D eigenvalue weighted by Gasteiger charge is -2.31. The van der Waals surface area contributed by atoms with Crippen LogP contribution in [0.2, 0.25) is 5.15 Å². The van der Waals surface area contributed by atoms with Crippen LogP contribution in [0.5, 0.6) is 0 Å². The summed E-state index contributed by atoms with van der Waals surface area (Å²) in [4.78, 5) is 7.02. The molecule has 1 fully saturated rings. The molecule has 98 valence electrons. The Bertz CT molecular complexity index is 432. The first-order valence-electron chi connectivity index (χ1n) is 6.26. The Morgan fingerprint density at radius 1 is 1.56 bits per heavy atom. The Morgan fingerprint density at radius 3 is 2.83 bits per heavy atom. The van der Waals surface area contributed by atoms with Crippen LogP contribution in [0.4, 0.5) is 5.13 Å². The van der Waals surface area contributed by atoms with Crippen molar-refractivity contribution in [3.05, 3.63) is 10.0 Å². The van der Waals surface area contributed by atoms with E-state index in [0.717, 1.165) is 37.2 Å². The van der Waals surface area contributed by atoms with Gasteiger partial charge in [-0.15, -0.1) is 0 Å². The number of piperidine rings is 1. The quantitative estimate of drug-likeness (QED) is 0.923. The Morgan fingerprint density at radius 2 is 2.28 bits per heavy atom. The minimum Gasteiger partial charge on any atom is -0.348 e. The zero-order valence-electron chi connectivity index (χ0n) is 10.4. The summed E-state index contributed by atoms with van der Waals surface area (Å²) in [6, 6.07) is 2.08. The summed E-state index contributed by atoms with van der Waals surface area (Å²) in [7, 11) is 0. The van der Waals surface area contributed by atoms with Gasteiger partial charge in [0, 0.05) is 13.1 Å². The highest BCUT2D eigenvalue weighted by atomic mass is 35.5. The average molecular weight is 285 g/mol. The van der Waals surface area contributed by atoms with E-state index in [9.17, 15) is 0 Å². The van der Waals surface area contributed by atoms with Crippen LogP contribution in [0.3, 0.4) is 0 Å². The van der Waals surface area contributed by atoms with Crippen LogP contribution in [0.1, 0.15) is 24.6 Å². The third kappa shape index (κ3) is 3.14. The molecule has 0 amide bonds. The van der Waals surface area contributed by atoms with Gasteiger partial charge in [0.25, 0.3) is 0 Å². The molecule has 0 aliphatic carbocycles. The molecule has 0 radical (unpaired) electrons. The maximum absolute atomic E-state index is 8.88. The van der Waals surface area contributed by atoms with Crippen LogP contribution < -0.4 is 10.2 Å². The molecule has 0 atom stereocenters. The van der Waals surface area contributed by atoms with Gasteiger partial charge in [0.05, 0.1) is 0 Å². The fraction of sp³-hybridized carbons (Fsp3) is 0.667. The molecule has 1 aromatic rings. The maximum atomic E-state index is 8.88.